The van der Waals surface area contributed by atoms with Gasteiger partial charge in [0.25, 0.3) is 0 Å². The Kier molecular flexibility index (Phi) is 6.23. The fourth-order valence-corrected chi connectivity index (χ4v) is 4.44. The smallest absolute Gasteiger partial charge is 0.367 e. The predicted molar refractivity (Wildman–Crippen MR) is 121 cm³/mol. The van der Waals surface area contributed by atoms with Crippen LogP contribution in [0.15, 0.2) is 54.6 Å². The molecule has 0 aliphatic heterocycles. The van der Waals surface area contributed by atoms with Crippen LogP contribution in [-0.4, -0.2) is 29.2 Å². The number of nitriles is 1. The van der Waals surface area contributed by atoms with Crippen molar-refractivity contribution in [1.29, 1.82) is 5.26 Å². The quantitative estimate of drug-likeness (QED) is 0.549. The maximum atomic E-state index is 13.4. The van der Waals surface area contributed by atoms with Crippen molar-refractivity contribution >= 4 is 28.3 Å². The molecule has 1 N–H and O–H groups in total. The Morgan fingerprint density at radius 1 is 1.09 bits per heavy atom. The van der Waals surface area contributed by atoms with Crippen molar-refractivity contribution in [3.05, 3.63) is 65.7 Å². The fraction of sp³-hybridized carbons (Fsp3) is 0.320. The van der Waals surface area contributed by atoms with Crippen LogP contribution < -0.4 is 10.2 Å². The Labute approximate surface area is 189 Å². The van der Waals surface area contributed by atoms with Gasteiger partial charge in [-0.05, 0) is 74.6 Å². The molecular weight excluding hydrogens is 429 g/mol. The molecule has 0 bridgehead atoms. The van der Waals surface area contributed by atoms with E-state index in [0.29, 0.717) is 31.2 Å². The second-order valence-electron chi connectivity index (χ2n) is 8.32. The lowest BCUT2D eigenvalue weighted by molar-refractivity contribution is -0.171. The van der Waals surface area contributed by atoms with Crippen LogP contribution in [0.4, 0.5) is 24.7 Å². The summed E-state index contributed by atoms with van der Waals surface area (Å²) in [6.07, 6.45) is -2.92. The van der Waals surface area contributed by atoms with E-state index in [4.69, 9.17) is 5.26 Å². The summed E-state index contributed by atoms with van der Waals surface area (Å²) in [5.74, 6) is -1.14. The van der Waals surface area contributed by atoms with Crippen LogP contribution in [0, 0.1) is 18.3 Å². The third-order valence-corrected chi connectivity index (χ3v) is 6.07. The number of amides is 1. The molecule has 170 valence electrons. The van der Waals surface area contributed by atoms with Gasteiger partial charge in [-0.25, -0.2) is 4.98 Å². The van der Waals surface area contributed by atoms with Crippen LogP contribution >= 0.6 is 0 Å². The van der Waals surface area contributed by atoms with Gasteiger partial charge in [0.05, 0.1) is 17.1 Å². The Balaban J connectivity index is 1.49. The number of fused-ring (bicyclic) bond motifs is 1. The number of benzene rings is 2. The molecule has 1 aliphatic carbocycles. The number of para-hydroxylation sites is 1. The van der Waals surface area contributed by atoms with Gasteiger partial charge in [0.2, 0.25) is 0 Å². The number of carbonyl (C=O) groups excluding carboxylic acids is 1. The number of rotatable bonds is 4. The molecule has 0 atom stereocenters. The van der Waals surface area contributed by atoms with E-state index in [1.165, 1.54) is 24.3 Å². The van der Waals surface area contributed by atoms with E-state index in [-0.39, 0.29) is 11.7 Å². The zero-order chi connectivity index (χ0) is 23.6. The summed E-state index contributed by atoms with van der Waals surface area (Å²) in [6, 6.07) is 16.9. The van der Waals surface area contributed by atoms with Gasteiger partial charge >= 0.3 is 12.1 Å². The van der Waals surface area contributed by atoms with Gasteiger partial charge in [-0.1, -0.05) is 18.2 Å². The number of nitrogens with one attached hydrogen (secondary N) is 1. The largest absolute Gasteiger partial charge is 0.471 e. The molecule has 0 spiro atoms. The standard InChI is InChI=1S/C25H23F3N4O/c1-16-14-23(31-22-5-3-2-4-21(16)22)30-18-8-12-20(13-9-18)32(24(33)25(26,27)28)19-10-6-17(15-29)7-11-19/h2-7,10-11,14,18,20H,8-9,12-13H2,1H3,(H,30,31). The minimum atomic E-state index is -4.98. The van der Waals surface area contributed by atoms with E-state index in [2.05, 4.69) is 10.3 Å². The molecule has 2 aromatic carbocycles. The number of pyridine rings is 1. The third-order valence-electron chi connectivity index (χ3n) is 6.07. The van der Waals surface area contributed by atoms with E-state index >= 15 is 0 Å². The predicted octanol–water partition coefficient (Wildman–Crippen LogP) is 5.73. The lowest BCUT2D eigenvalue weighted by Crippen LogP contribution is -2.49. The highest BCUT2D eigenvalue weighted by molar-refractivity contribution is 5.98. The van der Waals surface area contributed by atoms with E-state index < -0.39 is 18.1 Å². The summed E-state index contributed by atoms with van der Waals surface area (Å²) in [6.45, 7) is 2.02. The summed E-state index contributed by atoms with van der Waals surface area (Å²) >= 11 is 0. The number of aryl methyl sites for hydroxylation is 1. The number of hydrogen-bond donors (Lipinski definition) is 1. The minimum Gasteiger partial charge on any atom is -0.367 e. The summed E-state index contributed by atoms with van der Waals surface area (Å²) in [4.78, 5) is 17.8. The van der Waals surface area contributed by atoms with Crippen molar-refractivity contribution in [2.24, 2.45) is 0 Å². The first-order valence-electron chi connectivity index (χ1n) is 10.8. The summed E-state index contributed by atoms with van der Waals surface area (Å²) < 4.78 is 40.1. The number of alkyl halides is 3. The first-order valence-corrected chi connectivity index (χ1v) is 10.8. The van der Waals surface area contributed by atoms with Crippen molar-refractivity contribution in [2.45, 2.75) is 50.9 Å². The van der Waals surface area contributed by atoms with Crippen LogP contribution in [0.3, 0.4) is 0 Å². The number of anilines is 2. The van der Waals surface area contributed by atoms with Gasteiger partial charge in [0.15, 0.2) is 0 Å². The van der Waals surface area contributed by atoms with E-state index in [1.54, 1.807) is 0 Å². The Morgan fingerprint density at radius 3 is 2.39 bits per heavy atom. The second kappa shape index (κ2) is 9.10. The number of carbonyl (C=O) groups is 1. The minimum absolute atomic E-state index is 0.0538. The van der Waals surface area contributed by atoms with Crippen molar-refractivity contribution in [1.82, 2.24) is 4.98 Å². The van der Waals surface area contributed by atoms with Gasteiger partial charge in [-0.2, -0.15) is 18.4 Å². The second-order valence-corrected chi connectivity index (χ2v) is 8.32. The number of hydrogen-bond acceptors (Lipinski definition) is 4. The van der Waals surface area contributed by atoms with Gasteiger partial charge in [0.1, 0.15) is 5.82 Å². The first-order chi connectivity index (χ1) is 15.8. The van der Waals surface area contributed by atoms with Crippen LogP contribution in [-0.2, 0) is 4.79 Å². The molecule has 1 aliphatic rings. The lowest BCUT2D eigenvalue weighted by Gasteiger charge is -2.37. The van der Waals surface area contributed by atoms with Crippen LogP contribution in [0.5, 0.6) is 0 Å². The van der Waals surface area contributed by atoms with Crippen LogP contribution in [0.25, 0.3) is 10.9 Å². The van der Waals surface area contributed by atoms with Gasteiger partial charge in [-0.3, -0.25) is 4.79 Å². The monoisotopic (exact) mass is 452 g/mol. The maximum Gasteiger partial charge on any atom is 0.471 e. The molecule has 1 amide bonds. The molecule has 1 heterocycles. The summed E-state index contributed by atoms with van der Waals surface area (Å²) in [5.41, 5.74) is 2.46. The third kappa shape index (κ3) is 4.92. The normalized spacial score (nSPS) is 18.5. The molecular formula is C25H23F3N4O. The van der Waals surface area contributed by atoms with Crippen molar-refractivity contribution in [3.8, 4) is 6.07 Å². The molecule has 8 heteroatoms. The summed E-state index contributed by atoms with van der Waals surface area (Å²) in [5, 5.41) is 13.5. The fourth-order valence-electron chi connectivity index (χ4n) is 4.44. The number of halogens is 3. The topological polar surface area (TPSA) is 69.0 Å². The Morgan fingerprint density at radius 2 is 1.76 bits per heavy atom. The molecule has 0 radical (unpaired) electrons. The first kappa shape index (κ1) is 22.6. The molecule has 1 fully saturated rings. The highest BCUT2D eigenvalue weighted by Crippen LogP contribution is 2.33. The molecule has 5 nitrogen and oxygen atoms in total. The van der Waals surface area contributed by atoms with E-state index in [9.17, 15) is 18.0 Å². The highest BCUT2D eigenvalue weighted by Gasteiger charge is 2.45. The molecule has 4 rings (SSSR count). The van der Waals surface area contributed by atoms with Gasteiger partial charge in [0, 0.05) is 23.2 Å². The molecule has 0 unspecified atom stereocenters. The highest BCUT2D eigenvalue weighted by atomic mass is 19.4. The molecule has 0 saturated heterocycles. The molecule has 33 heavy (non-hydrogen) atoms. The lowest BCUT2D eigenvalue weighted by atomic mass is 9.89. The number of nitrogens with zero attached hydrogens (tertiary/aromatic N) is 3. The Hall–Kier alpha value is -3.60. The molecule has 3 aromatic rings. The summed E-state index contributed by atoms with van der Waals surface area (Å²) in [7, 11) is 0. The Bertz CT molecular complexity index is 1190. The van der Waals surface area contributed by atoms with E-state index in [1.807, 2.05) is 43.3 Å². The SMILES string of the molecule is Cc1cc(NC2CCC(N(C(=O)C(F)(F)F)c3ccc(C#N)cc3)CC2)nc2ccccc12. The maximum absolute atomic E-state index is 13.4. The van der Waals surface area contributed by atoms with Crippen molar-refractivity contribution < 1.29 is 18.0 Å². The zero-order valence-electron chi connectivity index (χ0n) is 18.1. The van der Waals surface area contributed by atoms with Crippen LogP contribution in [0.2, 0.25) is 0 Å². The average Bonchev–Trinajstić information content (AvgIpc) is 2.80. The van der Waals surface area contributed by atoms with Gasteiger partial charge in [-0.15, -0.1) is 0 Å². The average molecular weight is 452 g/mol. The molecule has 1 aromatic heterocycles. The zero-order valence-corrected chi connectivity index (χ0v) is 18.1. The molecule has 1 saturated carbocycles. The van der Waals surface area contributed by atoms with Crippen LogP contribution in [0.1, 0.15) is 36.8 Å². The number of aromatic nitrogens is 1. The van der Waals surface area contributed by atoms with Gasteiger partial charge < -0.3 is 10.2 Å². The van der Waals surface area contributed by atoms with Crippen molar-refractivity contribution in [2.75, 3.05) is 10.2 Å². The van der Waals surface area contributed by atoms with E-state index in [0.717, 1.165) is 27.2 Å². The van der Waals surface area contributed by atoms with Crippen molar-refractivity contribution in [3.63, 3.8) is 0 Å².